The van der Waals surface area contributed by atoms with Crippen LogP contribution in [0.1, 0.15) is 9.67 Å². The van der Waals surface area contributed by atoms with Gasteiger partial charge in [0.25, 0.3) is 5.91 Å². The van der Waals surface area contributed by atoms with Gasteiger partial charge in [0, 0.05) is 24.7 Å². The zero-order valence-corrected chi connectivity index (χ0v) is 11.9. The van der Waals surface area contributed by atoms with Gasteiger partial charge in [-0.1, -0.05) is 6.07 Å². The van der Waals surface area contributed by atoms with Crippen LogP contribution in [0.4, 0.5) is 4.39 Å². The second-order valence-corrected chi connectivity index (χ2v) is 5.38. The lowest BCUT2D eigenvalue weighted by atomic mass is 10.2. The van der Waals surface area contributed by atoms with Crippen molar-refractivity contribution >= 4 is 27.3 Å². The molecular formula is C15H11FN2O2S. The van der Waals surface area contributed by atoms with Crippen LogP contribution < -0.4 is 10.1 Å². The number of ether oxygens (including phenoxy) is 1. The van der Waals surface area contributed by atoms with Crippen LogP contribution in [0.25, 0.3) is 10.1 Å². The van der Waals surface area contributed by atoms with Gasteiger partial charge in [-0.2, -0.15) is 0 Å². The lowest BCUT2D eigenvalue weighted by Gasteiger charge is -2.06. The van der Waals surface area contributed by atoms with E-state index >= 15 is 0 Å². The van der Waals surface area contributed by atoms with Crippen LogP contribution in [0.3, 0.4) is 0 Å². The van der Waals surface area contributed by atoms with Gasteiger partial charge in [0.05, 0.1) is 15.8 Å². The van der Waals surface area contributed by atoms with E-state index in [2.05, 4.69) is 10.3 Å². The first-order valence-corrected chi connectivity index (χ1v) is 7.02. The molecule has 21 heavy (non-hydrogen) atoms. The number of carbonyl (C=O) groups is 1. The minimum atomic E-state index is -0.371. The molecule has 0 aliphatic carbocycles. The van der Waals surface area contributed by atoms with Crippen LogP contribution in [0, 0.1) is 5.82 Å². The molecule has 0 aliphatic heterocycles. The van der Waals surface area contributed by atoms with Gasteiger partial charge in [-0.15, -0.1) is 11.3 Å². The largest absolute Gasteiger partial charge is 0.455 e. The smallest absolute Gasteiger partial charge is 0.261 e. The van der Waals surface area contributed by atoms with Gasteiger partial charge in [0.1, 0.15) is 11.6 Å². The van der Waals surface area contributed by atoms with Crippen molar-refractivity contribution in [3.05, 3.63) is 53.4 Å². The van der Waals surface area contributed by atoms with E-state index < -0.39 is 0 Å². The van der Waals surface area contributed by atoms with Gasteiger partial charge in [0.15, 0.2) is 5.75 Å². The summed E-state index contributed by atoms with van der Waals surface area (Å²) in [5, 5.41) is 3.36. The first kappa shape index (κ1) is 13.5. The molecular weight excluding hydrogens is 291 g/mol. The van der Waals surface area contributed by atoms with Crippen LogP contribution in [0.5, 0.6) is 11.5 Å². The Hall–Kier alpha value is -2.47. The summed E-state index contributed by atoms with van der Waals surface area (Å²) in [4.78, 5) is 16.3. The summed E-state index contributed by atoms with van der Waals surface area (Å²) in [6, 6.07) is 7.62. The van der Waals surface area contributed by atoms with Crippen molar-refractivity contribution in [2.75, 3.05) is 7.05 Å². The highest BCUT2D eigenvalue weighted by molar-refractivity contribution is 7.20. The summed E-state index contributed by atoms with van der Waals surface area (Å²) in [6.07, 6.45) is 3.22. The molecule has 0 aliphatic rings. The highest BCUT2D eigenvalue weighted by Crippen LogP contribution is 2.34. The van der Waals surface area contributed by atoms with Crippen LogP contribution in [0.15, 0.2) is 42.7 Å². The fourth-order valence-electron chi connectivity index (χ4n) is 1.91. The first-order valence-electron chi connectivity index (χ1n) is 6.20. The molecule has 0 radical (unpaired) electrons. The molecule has 0 bridgehead atoms. The lowest BCUT2D eigenvalue weighted by molar-refractivity contribution is 0.0967. The predicted molar refractivity (Wildman–Crippen MR) is 79.5 cm³/mol. The molecule has 0 unspecified atom stereocenters. The highest BCUT2D eigenvalue weighted by Gasteiger charge is 2.13. The van der Waals surface area contributed by atoms with E-state index in [1.807, 2.05) is 0 Å². The fraction of sp³-hybridized carbons (Fsp3) is 0.0667. The molecule has 0 spiro atoms. The minimum absolute atomic E-state index is 0.159. The van der Waals surface area contributed by atoms with E-state index in [0.29, 0.717) is 16.4 Å². The monoisotopic (exact) mass is 302 g/mol. The Balaban J connectivity index is 2.02. The Morgan fingerprint density at radius 1 is 1.33 bits per heavy atom. The summed E-state index contributed by atoms with van der Waals surface area (Å²) in [5.41, 5.74) is 0. The third-order valence-corrected chi connectivity index (χ3v) is 3.95. The molecule has 1 aromatic carbocycles. The van der Waals surface area contributed by atoms with Gasteiger partial charge in [-0.3, -0.25) is 9.78 Å². The normalized spacial score (nSPS) is 10.6. The molecule has 1 amide bonds. The standard InChI is InChI=1S/C15H11FN2O2S/c1-17-15(19)13-6-11-12(7-18-8-14(11)21-13)20-10-4-2-3-9(16)5-10/h2-8H,1H3,(H,17,19). The summed E-state index contributed by atoms with van der Waals surface area (Å²) >= 11 is 1.33. The topological polar surface area (TPSA) is 51.2 Å². The molecule has 1 N–H and O–H groups in total. The van der Waals surface area contributed by atoms with Crippen molar-refractivity contribution in [3.8, 4) is 11.5 Å². The van der Waals surface area contributed by atoms with E-state index in [-0.39, 0.29) is 11.7 Å². The second kappa shape index (κ2) is 5.49. The van der Waals surface area contributed by atoms with E-state index in [4.69, 9.17) is 4.74 Å². The molecule has 2 aromatic heterocycles. The maximum Gasteiger partial charge on any atom is 0.261 e. The number of hydrogen-bond donors (Lipinski definition) is 1. The van der Waals surface area contributed by atoms with E-state index in [0.717, 1.165) is 10.1 Å². The number of fused-ring (bicyclic) bond motifs is 1. The number of thiophene rings is 1. The number of nitrogens with one attached hydrogen (secondary N) is 1. The maximum absolute atomic E-state index is 13.2. The molecule has 0 fully saturated rings. The fourth-order valence-corrected chi connectivity index (χ4v) is 2.90. The summed E-state index contributed by atoms with van der Waals surface area (Å²) < 4.78 is 19.7. The Morgan fingerprint density at radius 2 is 2.19 bits per heavy atom. The number of carbonyl (C=O) groups excluding carboxylic acids is 1. The number of amides is 1. The van der Waals surface area contributed by atoms with Gasteiger partial charge >= 0.3 is 0 Å². The van der Waals surface area contributed by atoms with Crippen LogP contribution >= 0.6 is 11.3 Å². The Labute approximate surface area is 124 Å². The second-order valence-electron chi connectivity index (χ2n) is 4.30. The SMILES string of the molecule is CNC(=O)c1cc2c(Oc3cccc(F)c3)cncc2s1. The van der Waals surface area contributed by atoms with Crippen LogP contribution in [-0.2, 0) is 0 Å². The summed E-state index contributed by atoms with van der Waals surface area (Å²) in [7, 11) is 1.58. The maximum atomic E-state index is 13.2. The van der Waals surface area contributed by atoms with Crippen LogP contribution in [0.2, 0.25) is 0 Å². The lowest BCUT2D eigenvalue weighted by Crippen LogP contribution is -2.15. The number of pyridine rings is 1. The highest BCUT2D eigenvalue weighted by atomic mass is 32.1. The van der Waals surface area contributed by atoms with Crippen molar-refractivity contribution in [3.63, 3.8) is 0 Å². The molecule has 0 saturated carbocycles. The van der Waals surface area contributed by atoms with E-state index in [1.165, 1.54) is 23.5 Å². The molecule has 2 heterocycles. The van der Waals surface area contributed by atoms with Crippen molar-refractivity contribution in [2.45, 2.75) is 0 Å². The molecule has 0 atom stereocenters. The quantitative estimate of drug-likeness (QED) is 0.804. The van der Waals surface area contributed by atoms with Gasteiger partial charge in [-0.05, 0) is 18.2 Å². The van der Waals surface area contributed by atoms with Crippen molar-refractivity contribution in [1.29, 1.82) is 0 Å². The molecule has 0 saturated heterocycles. The van der Waals surface area contributed by atoms with E-state index in [1.54, 1.807) is 37.6 Å². The molecule has 3 aromatic rings. The summed E-state index contributed by atoms with van der Waals surface area (Å²) in [6.45, 7) is 0. The Kier molecular flexibility index (Phi) is 3.53. The number of nitrogens with zero attached hydrogens (tertiary/aromatic N) is 1. The predicted octanol–water partition coefficient (Wildman–Crippen LogP) is 3.59. The van der Waals surface area contributed by atoms with Gasteiger partial charge in [0.2, 0.25) is 0 Å². The zero-order chi connectivity index (χ0) is 14.8. The molecule has 3 rings (SSSR count). The zero-order valence-electron chi connectivity index (χ0n) is 11.1. The van der Waals surface area contributed by atoms with E-state index in [9.17, 15) is 9.18 Å². The molecule has 106 valence electrons. The Bertz CT molecular complexity index is 816. The third-order valence-electron chi connectivity index (χ3n) is 2.88. The number of rotatable bonds is 3. The van der Waals surface area contributed by atoms with Crippen molar-refractivity contribution in [2.24, 2.45) is 0 Å². The molecule has 6 heteroatoms. The number of halogens is 1. The average Bonchev–Trinajstić information content (AvgIpc) is 2.92. The number of aromatic nitrogens is 1. The van der Waals surface area contributed by atoms with Gasteiger partial charge < -0.3 is 10.1 Å². The van der Waals surface area contributed by atoms with Gasteiger partial charge in [-0.25, -0.2) is 4.39 Å². The average molecular weight is 302 g/mol. The number of benzene rings is 1. The van der Waals surface area contributed by atoms with Crippen LogP contribution in [-0.4, -0.2) is 17.9 Å². The minimum Gasteiger partial charge on any atom is -0.455 e. The molecule has 4 nitrogen and oxygen atoms in total. The van der Waals surface area contributed by atoms with Crippen molar-refractivity contribution in [1.82, 2.24) is 10.3 Å². The van der Waals surface area contributed by atoms with Crippen molar-refractivity contribution < 1.29 is 13.9 Å². The Morgan fingerprint density at radius 3 is 2.95 bits per heavy atom. The summed E-state index contributed by atoms with van der Waals surface area (Å²) in [5.74, 6) is 0.346. The third kappa shape index (κ3) is 2.71. The first-order chi connectivity index (χ1) is 10.2. The number of hydrogen-bond acceptors (Lipinski definition) is 4.